The van der Waals surface area contributed by atoms with Crippen molar-refractivity contribution < 1.29 is 32.2 Å². The summed E-state index contributed by atoms with van der Waals surface area (Å²) in [6.45, 7) is 8.29. The van der Waals surface area contributed by atoms with Gasteiger partial charge in [-0.3, -0.25) is 0 Å². The lowest BCUT2D eigenvalue weighted by Gasteiger charge is -2.25. The Hall–Kier alpha value is -4.23. The van der Waals surface area contributed by atoms with Gasteiger partial charge in [0.05, 0.1) is 23.4 Å². The summed E-state index contributed by atoms with van der Waals surface area (Å²) in [6, 6.07) is 21.5. The van der Waals surface area contributed by atoms with E-state index in [9.17, 15) is 23.2 Å². The summed E-state index contributed by atoms with van der Waals surface area (Å²) in [5, 5.41) is 13.3. The van der Waals surface area contributed by atoms with Crippen molar-refractivity contribution in [3.05, 3.63) is 89.0 Å². The number of carbonyl (C=O) groups is 1. The topological polar surface area (TPSA) is 83.8 Å². The monoisotopic (exact) mass is 627 g/mol. The predicted molar refractivity (Wildman–Crippen MR) is 171 cm³/mol. The van der Waals surface area contributed by atoms with Crippen molar-refractivity contribution in [2.24, 2.45) is 0 Å². The van der Waals surface area contributed by atoms with Gasteiger partial charge in [-0.05, 0) is 67.6 Å². The zero-order valence-corrected chi connectivity index (χ0v) is 26.7. The molecule has 0 aliphatic carbocycles. The van der Waals surface area contributed by atoms with E-state index in [2.05, 4.69) is 24.4 Å². The van der Waals surface area contributed by atoms with Crippen molar-refractivity contribution in [2.75, 3.05) is 44.9 Å². The SMILES string of the molecule is CC.CCc1cc(CC(C)NCCOc2ccccc2OCC(F)(F)F)cc(C#N)c1N(C)CCCOC(=O)c1ccccc1. The second-order valence-electron chi connectivity index (χ2n) is 10.2. The average molecular weight is 628 g/mol. The molecule has 1 unspecified atom stereocenters. The fourth-order valence-corrected chi connectivity index (χ4v) is 4.66. The molecule has 0 saturated carbocycles. The molecule has 3 rings (SSSR count). The third-order valence-electron chi connectivity index (χ3n) is 6.65. The number of para-hydroxylation sites is 2. The van der Waals surface area contributed by atoms with Crippen LogP contribution in [-0.4, -0.2) is 58.1 Å². The number of aryl methyl sites for hydroxylation is 1. The number of esters is 1. The molecule has 1 N–H and O–H groups in total. The van der Waals surface area contributed by atoms with E-state index < -0.39 is 12.8 Å². The molecule has 45 heavy (non-hydrogen) atoms. The Morgan fingerprint density at radius 1 is 1.00 bits per heavy atom. The number of anilines is 1. The van der Waals surface area contributed by atoms with Gasteiger partial charge in [-0.15, -0.1) is 0 Å². The third-order valence-corrected chi connectivity index (χ3v) is 6.65. The maximum Gasteiger partial charge on any atom is 0.422 e. The summed E-state index contributed by atoms with van der Waals surface area (Å²) in [6.07, 6.45) is -2.39. The van der Waals surface area contributed by atoms with Crippen LogP contribution in [0.2, 0.25) is 0 Å². The molecule has 0 aromatic heterocycles. The smallest absolute Gasteiger partial charge is 0.422 e. The molecule has 0 saturated heterocycles. The zero-order chi connectivity index (χ0) is 33.2. The van der Waals surface area contributed by atoms with Gasteiger partial charge in [0.2, 0.25) is 0 Å². The number of rotatable bonds is 16. The van der Waals surface area contributed by atoms with Crippen LogP contribution in [0.4, 0.5) is 18.9 Å². The lowest BCUT2D eigenvalue weighted by Crippen LogP contribution is -2.32. The fraction of sp³-hybridized carbons (Fsp3) is 0.429. The highest BCUT2D eigenvalue weighted by Crippen LogP contribution is 2.29. The van der Waals surface area contributed by atoms with Crippen LogP contribution in [0, 0.1) is 11.3 Å². The Labute approximate surface area is 264 Å². The molecule has 0 aliphatic heterocycles. The van der Waals surface area contributed by atoms with Gasteiger partial charge < -0.3 is 24.4 Å². The predicted octanol–water partition coefficient (Wildman–Crippen LogP) is 7.37. The number of ether oxygens (including phenoxy) is 3. The van der Waals surface area contributed by atoms with Crippen molar-refractivity contribution in [3.63, 3.8) is 0 Å². The van der Waals surface area contributed by atoms with Gasteiger partial charge >= 0.3 is 12.1 Å². The number of nitrogens with zero attached hydrogens (tertiary/aromatic N) is 2. The number of benzene rings is 3. The van der Waals surface area contributed by atoms with E-state index in [1.165, 1.54) is 6.07 Å². The van der Waals surface area contributed by atoms with Crippen molar-refractivity contribution >= 4 is 11.7 Å². The Morgan fingerprint density at radius 2 is 1.64 bits per heavy atom. The van der Waals surface area contributed by atoms with E-state index in [1.54, 1.807) is 42.5 Å². The largest absolute Gasteiger partial charge is 0.488 e. The first-order valence-electron chi connectivity index (χ1n) is 15.2. The number of nitriles is 1. The van der Waals surface area contributed by atoms with Crippen LogP contribution in [0.5, 0.6) is 11.5 Å². The minimum atomic E-state index is -4.43. The molecule has 0 amide bonds. The molecule has 0 heterocycles. The van der Waals surface area contributed by atoms with Crippen LogP contribution in [0.25, 0.3) is 0 Å². The summed E-state index contributed by atoms with van der Waals surface area (Å²) in [7, 11) is 1.94. The Kier molecular flexibility index (Phi) is 15.8. The molecule has 0 fully saturated rings. The molecule has 3 aromatic carbocycles. The zero-order valence-electron chi connectivity index (χ0n) is 26.7. The average Bonchev–Trinajstić information content (AvgIpc) is 3.04. The molecule has 3 aromatic rings. The highest BCUT2D eigenvalue weighted by molar-refractivity contribution is 5.89. The molecule has 1 atom stereocenters. The van der Waals surface area contributed by atoms with E-state index in [4.69, 9.17) is 14.2 Å². The Balaban J connectivity index is 0.00000345. The lowest BCUT2D eigenvalue weighted by atomic mass is 9.97. The summed E-state index contributed by atoms with van der Waals surface area (Å²) in [4.78, 5) is 14.2. The van der Waals surface area contributed by atoms with Crippen LogP contribution in [0.3, 0.4) is 0 Å². The number of hydrogen-bond donors (Lipinski definition) is 1. The Bertz CT molecular complexity index is 1360. The number of nitrogens with one attached hydrogen (secondary N) is 1. The van der Waals surface area contributed by atoms with E-state index >= 15 is 0 Å². The van der Waals surface area contributed by atoms with Crippen LogP contribution in [-0.2, 0) is 17.6 Å². The highest BCUT2D eigenvalue weighted by atomic mass is 19.4. The maximum absolute atomic E-state index is 12.5. The molecule has 0 bridgehead atoms. The van der Waals surface area contributed by atoms with E-state index in [-0.39, 0.29) is 36.7 Å². The molecule has 7 nitrogen and oxygen atoms in total. The van der Waals surface area contributed by atoms with E-state index in [0.29, 0.717) is 37.1 Å². The van der Waals surface area contributed by atoms with Gasteiger partial charge in [0.25, 0.3) is 0 Å². The molecular formula is C35H44F3N3O4. The molecule has 0 radical (unpaired) electrons. The van der Waals surface area contributed by atoms with Crippen LogP contribution in [0.15, 0.2) is 66.7 Å². The van der Waals surface area contributed by atoms with Crippen LogP contribution >= 0.6 is 0 Å². The standard InChI is InChI=1S/C33H38F3N3O4.C2H6/c1-4-26-20-25(19-24(2)38-15-18-41-29-13-8-9-14-30(29)43-23-33(34,35)36)21-28(22-37)31(26)39(3)16-10-17-42-32(40)27-11-6-5-7-12-27;1-2/h5-9,11-14,20-21,24,38H,4,10,15-19,23H2,1-3H3;1-2H3. The van der Waals surface area contributed by atoms with Crippen LogP contribution in [0.1, 0.15) is 61.2 Å². The highest BCUT2D eigenvalue weighted by Gasteiger charge is 2.29. The number of halogens is 3. The number of hydrogen-bond acceptors (Lipinski definition) is 7. The van der Waals surface area contributed by atoms with Crippen molar-refractivity contribution in [1.82, 2.24) is 5.32 Å². The van der Waals surface area contributed by atoms with Crippen molar-refractivity contribution in [2.45, 2.75) is 59.2 Å². The maximum atomic E-state index is 12.5. The second-order valence-corrected chi connectivity index (χ2v) is 10.2. The van der Waals surface area contributed by atoms with Gasteiger partial charge in [0.1, 0.15) is 12.7 Å². The number of alkyl halides is 3. The van der Waals surface area contributed by atoms with Gasteiger partial charge in [-0.1, -0.05) is 57.2 Å². The molecule has 0 aliphatic rings. The van der Waals surface area contributed by atoms with Crippen LogP contribution < -0.4 is 19.7 Å². The summed E-state index contributed by atoms with van der Waals surface area (Å²) < 4.78 is 53.5. The lowest BCUT2D eigenvalue weighted by molar-refractivity contribution is -0.153. The van der Waals surface area contributed by atoms with Gasteiger partial charge in [0, 0.05) is 26.2 Å². The first-order valence-corrected chi connectivity index (χ1v) is 15.2. The second kappa shape index (κ2) is 19.2. The Morgan fingerprint density at radius 3 is 2.27 bits per heavy atom. The molecule has 244 valence electrons. The van der Waals surface area contributed by atoms with E-state index in [0.717, 1.165) is 23.2 Å². The summed E-state index contributed by atoms with van der Waals surface area (Å²) >= 11 is 0. The van der Waals surface area contributed by atoms with Gasteiger partial charge in [-0.2, -0.15) is 18.4 Å². The van der Waals surface area contributed by atoms with Crippen molar-refractivity contribution in [1.29, 1.82) is 5.26 Å². The van der Waals surface area contributed by atoms with Gasteiger partial charge in [-0.25, -0.2) is 4.79 Å². The fourth-order valence-electron chi connectivity index (χ4n) is 4.66. The quantitative estimate of drug-likeness (QED) is 0.131. The third kappa shape index (κ3) is 12.7. The molecule has 0 spiro atoms. The summed E-state index contributed by atoms with van der Waals surface area (Å²) in [5.41, 5.74) is 4.06. The number of carbonyl (C=O) groups excluding carboxylic acids is 1. The first-order chi connectivity index (χ1) is 21.6. The minimum Gasteiger partial charge on any atom is -0.488 e. The first kappa shape index (κ1) is 37.0. The molecule has 10 heteroatoms. The normalized spacial score (nSPS) is 11.4. The van der Waals surface area contributed by atoms with E-state index in [1.807, 2.05) is 44.9 Å². The minimum absolute atomic E-state index is 0.0438. The molecular weight excluding hydrogens is 583 g/mol. The van der Waals surface area contributed by atoms with Gasteiger partial charge in [0.15, 0.2) is 18.1 Å². The summed E-state index contributed by atoms with van der Waals surface area (Å²) in [5.74, 6) is -0.0580. The van der Waals surface area contributed by atoms with Crippen molar-refractivity contribution in [3.8, 4) is 17.6 Å².